The molecule has 3 aliphatic carbocycles. The van der Waals surface area contributed by atoms with E-state index < -0.39 is 0 Å². The van der Waals surface area contributed by atoms with Gasteiger partial charge >= 0.3 is 0 Å². The van der Waals surface area contributed by atoms with Crippen molar-refractivity contribution in [2.24, 2.45) is 11.8 Å². The summed E-state index contributed by atoms with van der Waals surface area (Å²) < 4.78 is 0. The molecule has 19 heavy (non-hydrogen) atoms. The lowest BCUT2D eigenvalue weighted by Gasteiger charge is -2.26. The quantitative estimate of drug-likeness (QED) is 0.858. The van der Waals surface area contributed by atoms with Crippen molar-refractivity contribution in [3.63, 3.8) is 0 Å². The molecule has 0 saturated heterocycles. The Morgan fingerprint density at radius 1 is 1.21 bits per heavy atom. The Hall–Kier alpha value is -0.340. The molecule has 1 N–H and O–H groups in total. The Labute approximate surface area is 120 Å². The first kappa shape index (κ1) is 12.4. The van der Waals surface area contributed by atoms with E-state index in [9.17, 15) is 0 Å². The minimum absolute atomic E-state index is 0.569. The predicted octanol–water partition coefficient (Wildman–Crippen LogP) is 4.47. The molecule has 0 spiro atoms. The number of thiophene rings is 1. The molecule has 2 fully saturated rings. The summed E-state index contributed by atoms with van der Waals surface area (Å²) in [4.78, 5) is 3.28. The Morgan fingerprint density at radius 2 is 2.11 bits per heavy atom. The molecule has 0 amide bonds. The van der Waals surface area contributed by atoms with E-state index in [1.165, 1.54) is 51.4 Å². The van der Waals surface area contributed by atoms with Crippen molar-refractivity contribution < 1.29 is 0 Å². The summed E-state index contributed by atoms with van der Waals surface area (Å²) in [6.45, 7) is 2.38. The molecule has 4 rings (SSSR count). The van der Waals surface area contributed by atoms with Gasteiger partial charge in [0.05, 0.1) is 0 Å². The van der Waals surface area contributed by atoms with Gasteiger partial charge in [-0.2, -0.15) is 0 Å². The number of aryl methyl sites for hydroxylation is 2. The lowest BCUT2D eigenvalue weighted by atomic mass is 9.94. The van der Waals surface area contributed by atoms with E-state index in [4.69, 9.17) is 0 Å². The Kier molecular flexibility index (Phi) is 3.19. The second-order valence-electron chi connectivity index (χ2n) is 6.97. The summed E-state index contributed by atoms with van der Waals surface area (Å²) in [7, 11) is 0. The summed E-state index contributed by atoms with van der Waals surface area (Å²) >= 11 is 2.08. The second kappa shape index (κ2) is 4.89. The molecule has 3 aliphatic rings. The van der Waals surface area contributed by atoms with Crippen molar-refractivity contribution in [2.45, 2.75) is 70.4 Å². The maximum absolute atomic E-state index is 3.95. The lowest BCUT2D eigenvalue weighted by molar-refractivity contribution is 0.328. The molecule has 2 bridgehead atoms. The van der Waals surface area contributed by atoms with Crippen LogP contribution in [0.1, 0.15) is 66.8 Å². The maximum atomic E-state index is 3.95. The smallest absolute Gasteiger partial charge is 0.0388 e. The van der Waals surface area contributed by atoms with Gasteiger partial charge in [-0.15, -0.1) is 11.3 Å². The minimum Gasteiger partial charge on any atom is -0.306 e. The van der Waals surface area contributed by atoms with Crippen molar-refractivity contribution in [1.82, 2.24) is 5.32 Å². The molecule has 0 radical (unpaired) electrons. The van der Waals surface area contributed by atoms with E-state index in [0.29, 0.717) is 6.04 Å². The highest BCUT2D eigenvalue weighted by Crippen LogP contribution is 2.45. The van der Waals surface area contributed by atoms with Gasteiger partial charge in [0.2, 0.25) is 0 Å². The van der Waals surface area contributed by atoms with Crippen LogP contribution in [0, 0.1) is 11.8 Å². The first-order chi connectivity index (χ1) is 9.29. The summed E-state index contributed by atoms with van der Waals surface area (Å²) in [5.74, 6) is 2.04. The zero-order chi connectivity index (χ0) is 12.8. The van der Waals surface area contributed by atoms with Crippen LogP contribution in [0.3, 0.4) is 0 Å². The molecule has 0 aliphatic heterocycles. The fraction of sp³-hybridized carbons (Fsp3) is 0.765. The SMILES string of the molecule is CC(NC1CC2CCC1C2)c1cc2c(s1)CCCC2. The van der Waals surface area contributed by atoms with Gasteiger partial charge in [-0.25, -0.2) is 0 Å². The number of rotatable bonds is 3. The van der Waals surface area contributed by atoms with Crippen molar-refractivity contribution in [3.8, 4) is 0 Å². The average Bonchev–Trinajstić information content (AvgIpc) is 3.12. The highest BCUT2D eigenvalue weighted by Gasteiger charge is 2.39. The minimum atomic E-state index is 0.569. The van der Waals surface area contributed by atoms with Gasteiger partial charge in [0.25, 0.3) is 0 Å². The molecule has 4 unspecified atom stereocenters. The third-order valence-corrected chi connectivity index (χ3v) is 7.06. The Bertz CT molecular complexity index is 440. The van der Waals surface area contributed by atoms with E-state index in [1.54, 1.807) is 15.3 Å². The molecule has 2 heteroatoms. The van der Waals surface area contributed by atoms with Crippen molar-refractivity contribution in [2.75, 3.05) is 0 Å². The van der Waals surface area contributed by atoms with E-state index >= 15 is 0 Å². The van der Waals surface area contributed by atoms with Crippen LogP contribution < -0.4 is 5.32 Å². The Balaban J connectivity index is 1.45. The molecule has 104 valence electrons. The van der Waals surface area contributed by atoms with Crippen LogP contribution in [-0.4, -0.2) is 6.04 Å². The van der Waals surface area contributed by atoms with E-state index in [1.807, 2.05) is 0 Å². The van der Waals surface area contributed by atoms with Gasteiger partial charge in [-0.3, -0.25) is 0 Å². The van der Waals surface area contributed by atoms with Crippen LogP contribution >= 0.6 is 11.3 Å². The first-order valence-corrected chi connectivity index (χ1v) is 8.99. The third-order valence-electron chi connectivity index (χ3n) is 5.64. The van der Waals surface area contributed by atoms with Crippen LogP contribution in [0.4, 0.5) is 0 Å². The fourth-order valence-corrected chi connectivity index (χ4v) is 5.85. The van der Waals surface area contributed by atoms with Crippen LogP contribution in [0.15, 0.2) is 6.07 Å². The van der Waals surface area contributed by atoms with Gasteiger partial charge < -0.3 is 5.32 Å². The number of hydrogen-bond acceptors (Lipinski definition) is 2. The molecule has 1 nitrogen and oxygen atoms in total. The van der Waals surface area contributed by atoms with Crippen LogP contribution in [0.2, 0.25) is 0 Å². The largest absolute Gasteiger partial charge is 0.306 e. The van der Waals surface area contributed by atoms with Crippen molar-refractivity contribution in [1.29, 1.82) is 0 Å². The van der Waals surface area contributed by atoms with Crippen LogP contribution in [0.25, 0.3) is 0 Å². The molecular weight excluding hydrogens is 250 g/mol. The topological polar surface area (TPSA) is 12.0 Å². The second-order valence-corrected chi connectivity index (χ2v) is 8.14. The van der Waals surface area contributed by atoms with Crippen LogP contribution in [-0.2, 0) is 12.8 Å². The molecular formula is C17H25NS. The predicted molar refractivity (Wildman–Crippen MR) is 81.7 cm³/mol. The van der Waals surface area contributed by atoms with Gasteiger partial charge in [-0.05, 0) is 75.3 Å². The van der Waals surface area contributed by atoms with Gasteiger partial charge in [0.1, 0.15) is 0 Å². The van der Waals surface area contributed by atoms with E-state index in [2.05, 4.69) is 29.6 Å². The highest BCUT2D eigenvalue weighted by atomic mass is 32.1. The van der Waals surface area contributed by atoms with Crippen molar-refractivity contribution in [3.05, 3.63) is 21.4 Å². The summed E-state index contributed by atoms with van der Waals surface area (Å²) in [5.41, 5.74) is 1.66. The van der Waals surface area contributed by atoms with E-state index in [-0.39, 0.29) is 0 Å². The summed E-state index contributed by atoms with van der Waals surface area (Å²) in [5, 5.41) is 3.95. The lowest BCUT2D eigenvalue weighted by Crippen LogP contribution is -2.35. The molecule has 1 heterocycles. The zero-order valence-electron chi connectivity index (χ0n) is 12.0. The number of fused-ring (bicyclic) bond motifs is 3. The fourth-order valence-electron chi connectivity index (χ4n) is 4.58. The molecule has 4 atom stereocenters. The Morgan fingerprint density at radius 3 is 2.84 bits per heavy atom. The average molecular weight is 275 g/mol. The molecule has 0 aromatic carbocycles. The highest BCUT2D eigenvalue weighted by molar-refractivity contribution is 7.12. The molecule has 1 aromatic heterocycles. The molecule has 2 saturated carbocycles. The van der Waals surface area contributed by atoms with Crippen LogP contribution in [0.5, 0.6) is 0 Å². The number of nitrogens with one attached hydrogen (secondary N) is 1. The van der Waals surface area contributed by atoms with Gasteiger partial charge in [0.15, 0.2) is 0 Å². The van der Waals surface area contributed by atoms with Crippen molar-refractivity contribution >= 4 is 11.3 Å². The first-order valence-electron chi connectivity index (χ1n) is 8.17. The number of hydrogen-bond donors (Lipinski definition) is 1. The normalized spacial score (nSPS) is 34.5. The monoisotopic (exact) mass is 275 g/mol. The van der Waals surface area contributed by atoms with Gasteiger partial charge in [-0.1, -0.05) is 6.42 Å². The maximum Gasteiger partial charge on any atom is 0.0388 e. The summed E-state index contributed by atoms with van der Waals surface area (Å²) in [6.07, 6.45) is 11.4. The van der Waals surface area contributed by atoms with E-state index in [0.717, 1.165) is 17.9 Å². The summed E-state index contributed by atoms with van der Waals surface area (Å²) in [6, 6.07) is 3.89. The standard InChI is InChI=1S/C17H25NS/c1-11(18-15-9-12-6-7-13(15)8-12)17-10-14-4-2-3-5-16(14)19-17/h10-13,15,18H,2-9H2,1H3. The molecule has 1 aromatic rings. The zero-order valence-corrected chi connectivity index (χ0v) is 12.8. The van der Waals surface area contributed by atoms with Gasteiger partial charge in [0, 0.05) is 21.8 Å². The third kappa shape index (κ3) is 2.27.